The summed E-state index contributed by atoms with van der Waals surface area (Å²) in [5, 5.41) is 9.54. The molecular formula is C14H17N3O. The molecule has 0 radical (unpaired) electrons. The van der Waals surface area contributed by atoms with Gasteiger partial charge in [0.05, 0.1) is 0 Å². The molecular weight excluding hydrogens is 226 g/mol. The second-order valence-corrected chi connectivity index (χ2v) is 4.39. The van der Waals surface area contributed by atoms with E-state index in [-0.39, 0.29) is 5.91 Å². The Kier molecular flexibility index (Phi) is 3.46. The molecule has 0 bridgehead atoms. The molecule has 0 fully saturated rings. The summed E-state index contributed by atoms with van der Waals surface area (Å²) in [6, 6.07) is 7.66. The van der Waals surface area contributed by atoms with Gasteiger partial charge in [-0.15, -0.1) is 0 Å². The molecule has 0 saturated heterocycles. The average molecular weight is 243 g/mol. The molecule has 2 rings (SSSR count). The molecule has 0 spiro atoms. The average Bonchev–Trinajstić information content (AvgIpc) is 2.78. The summed E-state index contributed by atoms with van der Waals surface area (Å²) in [4.78, 5) is 11.9. The van der Waals surface area contributed by atoms with Crippen molar-refractivity contribution in [2.75, 3.05) is 5.32 Å². The molecule has 1 aromatic carbocycles. The van der Waals surface area contributed by atoms with E-state index in [1.54, 1.807) is 6.07 Å². The fraction of sp³-hybridized carbons (Fsp3) is 0.286. The zero-order chi connectivity index (χ0) is 13.1. The molecule has 0 aliphatic heterocycles. The highest BCUT2D eigenvalue weighted by atomic mass is 16.1. The van der Waals surface area contributed by atoms with Crippen molar-refractivity contribution in [1.82, 2.24) is 10.2 Å². The Bertz CT molecular complexity index is 572. The van der Waals surface area contributed by atoms with Crippen LogP contribution in [0.5, 0.6) is 0 Å². The van der Waals surface area contributed by atoms with E-state index in [0.717, 1.165) is 17.8 Å². The summed E-state index contributed by atoms with van der Waals surface area (Å²) in [5.41, 5.74) is 4.57. The second-order valence-electron chi connectivity index (χ2n) is 4.39. The van der Waals surface area contributed by atoms with Crippen molar-refractivity contribution >= 4 is 11.6 Å². The predicted molar refractivity (Wildman–Crippen MR) is 71.8 cm³/mol. The second kappa shape index (κ2) is 5.04. The lowest BCUT2D eigenvalue weighted by Gasteiger charge is -2.07. The van der Waals surface area contributed by atoms with Gasteiger partial charge in [-0.25, -0.2) is 0 Å². The van der Waals surface area contributed by atoms with Gasteiger partial charge in [-0.05, 0) is 49.6 Å². The lowest BCUT2D eigenvalue weighted by Crippen LogP contribution is -2.12. The van der Waals surface area contributed by atoms with Crippen molar-refractivity contribution < 1.29 is 4.79 Å². The van der Waals surface area contributed by atoms with Crippen LogP contribution in [-0.4, -0.2) is 16.1 Å². The van der Waals surface area contributed by atoms with Crippen molar-refractivity contribution in [1.29, 1.82) is 0 Å². The van der Waals surface area contributed by atoms with Crippen LogP contribution in [0.3, 0.4) is 0 Å². The number of rotatable bonds is 3. The molecule has 2 N–H and O–H groups in total. The topological polar surface area (TPSA) is 57.8 Å². The van der Waals surface area contributed by atoms with Gasteiger partial charge in [0.15, 0.2) is 5.69 Å². The van der Waals surface area contributed by atoms with Crippen LogP contribution < -0.4 is 5.32 Å². The molecule has 1 heterocycles. The summed E-state index contributed by atoms with van der Waals surface area (Å²) in [7, 11) is 0. The Balaban J connectivity index is 2.16. The van der Waals surface area contributed by atoms with Gasteiger partial charge < -0.3 is 5.32 Å². The number of amides is 1. The normalized spacial score (nSPS) is 10.4. The third-order valence-corrected chi connectivity index (χ3v) is 2.93. The molecule has 0 aliphatic rings. The molecule has 18 heavy (non-hydrogen) atoms. The molecule has 0 atom stereocenters. The van der Waals surface area contributed by atoms with E-state index in [9.17, 15) is 4.79 Å². The van der Waals surface area contributed by atoms with Crippen molar-refractivity contribution in [3.8, 4) is 0 Å². The van der Waals surface area contributed by atoms with Crippen molar-refractivity contribution in [2.24, 2.45) is 0 Å². The smallest absolute Gasteiger partial charge is 0.276 e. The van der Waals surface area contributed by atoms with E-state index >= 15 is 0 Å². The number of carbonyl (C=O) groups excluding carboxylic acids is 1. The van der Waals surface area contributed by atoms with Gasteiger partial charge in [0.25, 0.3) is 5.91 Å². The maximum absolute atomic E-state index is 11.9. The number of carbonyl (C=O) groups is 1. The first-order valence-corrected chi connectivity index (χ1v) is 6.03. The predicted octanol–water partition coefficient (Wildman–Crippen LogP) is 2.84. The number of aryl methyl sites for hydroxylation is 3. The number of aromatic amines is 1. The third-order valence-electron chi connectivity index (χ3n) is 2.93. The van der Waals surface area contributed by atoms with E-state index in [1.807, 2.05) is 25.1 Å². The quantitative estimate of drug-likeness (QED) is 0.870. The molecule has 1 amide bonds. The highest BCUT2D eigenvalue weighted by Gasteiger charge is 2.09. The molecule has 0 aliphatic carbocycles. The first-order valence-electron chi connectivity index (χ1n) is 6.03. The minimum atomic E-state index is -0.190. The minimum Gasteiger partial charge on any atom is -0.321 e. The van der Waals surface area contributed by atoms with Crippen molar-refractivity contribution in [3.63, 3.8) is 0 Å². The van der Waals surface area contributed by atoms with Gasteiger partial charge in [-0.1, -0.05) is 13.0 Å². The number of nitrogens with zero attached hydrogens (tertiary/aromatic N) is 1. The van der Waals surface area contributed by atoms with Gasteiger partial charge in [0.1, 0.15) is 0 Å². The van der Waals surface area contributed by atoms with Gasteiger partial charge in [-0.3, -0.25) is 9.89 Å². The summed E-state index contributed by atoms with van der Waals surface area (Å²) in [6.07, 6.45) is 0.955. The van der Waals surface area contributed by atoms with Crippen LogP contribution in [0.25, 0.3) is 0 Å². The Hall–Kier alpha value is -2.10. The number of hydrogen-bond acceptors (Lipinski definition) is 2. The lowest BCUT2D eigenvalue weighted by molar-refractivity contribution is 0.102. The van der Waals surface area contributed by atoms with E-state index in [2.05, 4.69) is 29.4 Å². The maximum atomic E-state index is 11.9. The first-order chi connectivity index (χ1) is 8.60. The molecule has 0 unspecified atom stereocenters. The first kappa shape index (κ1) is 12.4. The van der Waals surface area contributed by atoms with Gasteiger partial charge in [0.2, 0.25) is 0 Å². The molecule has 2 aromatic rings. The van der Waals surface area contributed by atoms with Crippen LogP contribution in [0.1, 0.15) is 34.2 Å². The summed E-state index contributed by atoms with van der Waals surface area (Å²) >= 11 is 0. The molecule has 0 saturated carbocycles. The van der Waals surface area contributed by atoms with Crippen molar-refractivity contribution in [3.05, 3.63) is 46.8 Å². The SMILES string of the molecule is CCc1cc(NC(=O)c2cc(C)[nH]n2)ccc1C. The van der Waals surface area contributed by atoms with Crippen molar-refractivity contribution in [2.45, 2.75) is 27.2 Å². The minimum absolute atomic E-state index is 0.190. The Morgan fingerprint density at radius 3 is 2.72 bits per heavy atom. The zero-order valence-corrected chi connectivity index (χ0v) is 10.9. The number of H-pyrrole nitrogens is 1. The fourth-order valence-corrected chi connectivity index (χ4v) is 1.86. The Labute approximate surface area is 106 Å². The molecule has 94 valence electrons. The van der Waals surface area contributed by atoms with E-state index < -0.39 is 0 Å². The fourth-order valence-electron chi connectivity index (χ4n) is 1.86. The van der Waals surface area contributed by atoms with Gasteiger partial charge in [-0.2, -0.15) is 5.10 Å². The highest BCUT2D eigenvalue weighted by Crippen LogP contribution is 2.16. The third kappa shape index (κ3) is 2.59. The van der Waals surface area contributed by atoms with Crippen LogP contribution in [0.2, 0.25) is 0 Å². The largest absolute Gasteiger partial charge is 0.321 e. The number of nitrogens with one attached hydrogen (secondary N) is 2. The van der Waals surface area contributed by atoms with Crippen LogP contribution in [0.4, 0.5) is 5.69 Å². The van der Waals surface area contributed by atoms with E-state index in [1.165, 1.54) is 11.1 Å². The van der Waals surface area contributed by atoms with Gasteiger partial charge in [0, 0.05) is 11.4 Å². The van der Waals surface area contributed by atoms with Crippen LogP contribution in [-0.2, 0) is 6.42 Å². The van der Waals surface area contributed by atoms with E-state index in [0.29, 0.717) is 5.69 Å². The van der Waals surface area contributed by atoms with Gasteiger partial charge >= 0.3 is 0 Å². The van der Waals surface area contributed by atoms with Crippen LogP contribution in [0.15, 0.2) is 24.3 Å². The Morgan fingerprint density at radius 1 is 1.33 bits per heavy atom. The molecule has 4 heteroatoms. The number of benzene rings is 1. The standard InChI is InChI=1S/C14H17N3O/c1-4-11-8-12(6-5-9(11)2)15-14(18)13-7-10(3)16-17-13/h5-8H,4H2,1-3H3,(H,15,18)(H,16,17). The van der Waals surface area contributed by atoms with Crippen LogP contribution in [0, 0.1) is 13.8 Å². The molecule has 4 nitrogen and oxygen atoms in total. The monoisotopic (exact) mass is 243 g/mol. The maximum Gasteiger partial charge on any atom is 0.276 e. The summed E-state index contributed by atoms with van der Waals surface area (Å²) in [5.74, 6) is -0.190. The number of aromatic nitrogens is 2. The van der Waals surface area contributed by atoms with E-state index in [4.69, 9.17) is 0 Å². The lowest BCUT2D eigenvalue weighted by atomic mass is 10.1. The Morgan fingerprint density at radius 2 is 2.11 bits per heavy atom. The summed E-state index contributed by atoms with van der Waals surface area (Å²) < 4.78 is 0. The highest BCUT2D eigenvalue weighted by molar-refractivity contribution is 6.02. The van der Waals surface area contributed by atoms with Crippen LogP contribution >= 0.6 is 0 Å². The summed E-state index contributed by atoms with van der Waals surface area (Å²) in [6.45, 7) is 6.04. The number of hydrogen-bond donors (Lipinski definition) is 2. The molecule has 1 aromatic heterocycles. The zero-order valence-electron chi connectivity index (χ0n) is 10.9. The number of anilines is 1.